The Balaban J connectivity index is 2.33. The quantitative estimate of drug-likeness (QED) is 0.834. The van der Waals surface area contributed by atoms with Gasteiger partial charge in [0.1, 0.15) is 0 Å². The van der Waals surface area contributed by atoms with E-state index in [4.69, 9.17) is 0 Å². The smallest absolute Gasteiger partial charge is 0.182 e. The Morgan fingerprint density at radius 2 is 1.50 bits per heavy atom. The second-order valence-electron chi connectivity index (χ2n) is 4.58. The summed E-state index contributed by atoms with van der Waals surface area (Å²) in [5.74, 6) is 0.0366. The van der Waals surface area contributed by atoms with Crippen LogP contribution in [-0.4, -0.2) is 14.2 Å². The summed E-state index contributed by atoms with van der Waals surface area (Å²) in [7, 11) is -3.30. The first-order chi connectivity index (χ1) is 9.63. The van der Waals surface area contributed by atoms with Crippen LogP contribution in [0.2, 0.25) is 0 Å². The maximum atomic E-state index is 12.4. The highest BCUT2D eigenvalue weighted by Gasteiger charge is 2.17. The maximum Gasteiger partial charge on any atom is 0.182 e. The average Bonchev–Trinajstić information content (AvgIpc) is 2.48. The van der Waals surface area contributed by atoms with Gasteiger partial charge in [0.15, 0.2) is 9.84 Å². The van der Waals surface area contributed by atoms with Gasteiger partial charge in [0, 0.05) is 0 Å². The number of hydrogen-bond acceptors (Lipinski definition) is 2. The predicted molar refractivity (Wildman–Crippen MR) is 83.2 cm³/mol. The Labute approximate surface area is 120 Å². The van der Waals surface area contributed by atoms with Gasteiger partial charge in [-0.05, 0) is 29.7 Å². The summed E-state index contributed by atoms with van der Waals surface area (Å²) in [5.41, 5.74) is 1.82. The molecule has 0 amide bonds. The van der Waals surface area contributed by atoms with Crippen LogP contribution < -0.4 is 0 Å². The van der Waals surface area contributed by atoms with Crippen LogP contribution in [0.15, 0.2) is 71.6 Å². The molecule has 0 aromatic heterocycles. The van der Waals surface area contributed by atoms with E-state index in [9.17, 15) is 8.42 Å². The van der Waals surface area contributed by atoms with Gasteiger partial charge in [0.2, 0.25) is 0 Å². The van der Waals surface area contributed by atoms with Crippen LogP contribution in [0.3, 0.4) is 0 Å². The molecule has 0 radical (unpaired) electrons. The molecule has 2 aromatic carbocycles. The Morgan fingerprint density at radius 3 is 2.05 bits per heavy atom. The molecule has 2 nitrogen and oxygen atoms in total. The molecule has 0 saturated carbocycles. The molecule has 0 atom stereocenters. The molecule has 0 heterocycles. The second kappa shape index (κ2) is 6.53. The van der Waals surface area contributed by atoms with Crippen molar-refractivity contribution in [1.82, 2.24) is 0 Å². The fourth-order valence-electron chi connectivity index (χ4n) is 2.07. The lowest BCUT2D eigenvalue weighted by molar-refractivity contribution is 0.599. The molecular weight excluding hydrogens is 268 g/mol. The summed E-state index contributed by atoms with van der Waals surface area (Å²) in [6, 6.07) is 18.3. The fraction of sp³-hybridized carbons (Fsp3) is 0.176. The highest BCUT2D eigenvalue weighted by molar-refractivity contribution is 7.91. The van der Waals surface area contributed by atoms with Crippen LogP contribution in [0.1, 0.15) is 18.9 Å². The van der Waals surface area contributed by atoms with Crippen molar-refractivity contribution in [2.45, 2.75) is 18.2 Å². The molecule has 2 rings (SSSR count). The zero-order chi connectivity index (χ0) is 14.4. The minimum absolute atomic E-state index is 0.0366. The van der Waals surface area contributed by atoms with E-state index in [2.05, 4.69) is 0 Å². The molecule has 0 unspecified atom stereocenters. The Hall–Kier alpha value is -1.87. The van der Waals surface area contributed by atoms with E-state index in [0.717, 1.165) is 17.6 Å². The number of sulfone groups is 1. The van der Waals surface area contributed by atoms with Crippen LogP contribution in [0, 0.1) is 0 Å². The number of allylic oxidation sites excluding steroid dienone is 1. The monoisotopic (exact) mass is 286 g/mol. The van der Waals surface area contributed by atoms with Crippen molar-refractivity contribution < 1.29 is 8.42 Å². The van der Waals surface area contributed by atoms with Gasteiger partial charge in [0.25, 0.3) is 0 Å². The van der Waals surface area contributed by atoms with Gasteiger partial charge in [-0.15, -0.1) is 0 Å². The van der Waals surface area contributed by atoms with Crippen LogP contribution >= 0.6 is 0 Å². The van der Waals surface area contributed by atoms with E-state index in [1.54, 1.807) is 24.3 Å². The summed E-state index contributed by atoms with van der Waals surface area (Å²) in [6.07, 6.45) is 2.80. The van der Waals surface area contributed by atoms with Crippen LogP contribution in [0.5, 0.6) is 0 Å². The van der Waals surface area contributed by atoms with Crippen molar-refractivity contribution in [3.8, 4) is 0 Å². The molecule has 20 heavy (non-hydrogen) atoms. The fourth-order valence-corrected chi connectivity index (χ4v) is 3.51. The van der Waals surface area contributed by atoms with Gasteiger partial charge in [-0.1, -0.05) is 61.5 Å². The molecule has 3 heteroatoms. The molecule has 0 aliphatic heterocycles. The van der Waals surface area contributed by atoms with E-state index >= 15 is 0 Å². The standard InChI is InChI=1S/C17H18O2S/c1-2-9-16(15-10-5-3-6-11-15)14-20(18,19)17-12-7-4-8-13-17/h3-13H,2,14H2,1H3/b16-9-. The lowest BCUT2D eigenvalue weighted by Gasteiger charge is -2.09. The first-order valence-electron chi connectivity index (χ1n) is 6.66. The largest absolute Gasteiger partial charge is 0.223 e. The molecule has 0 spiro atoms. The maximum absolute atomic E-state index is 12.4. The molecule has 0 saturated heterocycles. The van der Waals surface area contributed by atoms with Crippen molar-refractivity contribution in [3.63, 3.8) is 0 Å². The third kappa shape index (κ3) is 3.58. The highest BCUT2D eigenvalue weighted by Crippen LogP contribution is 2.21. The molecule has 2 aromatic rings. The van der Waals surface area contributed by atoms with E-state index in [-0.39, 0.29) is 5.75 Å². The summed E-state index contributed by atoms with van der Waals surface area (Å²) < 4.78 is 24.9. The van der Waals surface area contributed by atoms with Crippen LogP contribution in [0.25, 0.3) is 5.57 Å². The van der Waals surface area contributed by atoms with Gasteiger partial charge in [0.05, 0.1) is 10.6 Å². The lowest BCUT2D eigenvalue weighted by Crippen LogP contribution is -2.08. The van der Waals surface area contributed by atoms with Gasteiger partial charge in [-0.2, -0.15) is 0 Å². The molecule has 104 valence electrons. The van der Waals surface area contributed by atoms with Crippen molar-refractivity contribution in [1.29, 1.82) is 0 Å². The normalized spacial score (nSPS) is 12.3. The minimum atomic E-state index is -3.30. The number of benzene rings is 2. The highest BCUT2D eigenvalue weighted by atomic mass is 32.2. The first-order valence-corrected chi connectivity index (χ1v) is 8.31. The average molecular weight is 286 g/mol. The molecule has 0 aliphatic rings. The van der Waals surface area contributed by atoms with E-state index in [1.807, 2.05) is 49.4 Å². The lowest BCUT2D eigenvalue weighted by atomic mass is 10.1. The number of rotatable bonds is 5. The van der Waals surface area contributed by atoms with E-state index in [1.165, 1.54) is 0 Å². The third-order valence-electron chi connectivity index (χ3n) is 3.04. The number of hydrogen-bond donors (Lipinski definition) is 0. The topological polar surface area (TPSA) is 34.1 Å². The molecular formula is C17H18O2S. The summed E-state index contributed by atoms with van der Waals surface area (Å²) in [6.45, 7) is 2.01. The van der Waals surface area contributed by atoms with Gasteiger partial charge < -0.3 is 0 Å². The summed E-state index contributed by atoms with van der Waals surface area (Å²) in [5, 5.41) is 0. The van der Waals surface area contributed by atoms with E-state index in [0.29, 0.717) is 4.90 Å². The zero-order valence-electron chi connectivity index (χ0n) is 11.5. The molecule has 0 bridgehead atoms. The van der Waals surface area contributed by atoms with Crippen molar-refractivity contribution in [3.05, 3.63) is 72.3 Å². The van der Waals surface area contributed by atoms with Gasteiger partial charge in [-0.3, -0.25) is 0 Å². The van der Waals surface area contributed by atoms with Crippen molar-refractivity contribution in [2.75, 3.05) is 5.75 Å². The Bertz CT molecular complexity index is 671. The Morgan fingerprint density at radius 1 is 0.950 bits per heavy atom. The SMILES string of the molecule is CC/C=C(/CS(=O)(=O)c1ccccc1)c1ccccc1. The predicted octanol–water partition coefficient (Wildman–Crippen LogP) is 3.95. The zero-order valence-corrected chi connectivity index (χ0v) is 12.3. The third-order valence-corrected chi connectivity index (χ3v) is 4.72. The summed E-state index contributed by atoms with van der Waals surface area (Å²) in [4.78, 5) is 0.373. The first kappa shape index (κ1) is 14.5. The van der Waals surface area contributed by atoms with Gasteiger partial charge in [-0.25, -0.2) is 8.42 Å². The molecule has 0 N–H and O–H groups in total. The molecule has 0 aliphatic carbocycles. The minimum Gasteiger partial charge on any atom is -0.223 e. The van der Waals surface area contributed by atoms with E-state index < -0.39 is 9.84 Å². The van der Waals surface area contributed by atoms with Gasteiger partial charge >= 0.3 is 0 Å². The summed E-state index contributed by atoms with van der Waals surface area (Å²) >= 11 is 0. The van der Waals surface area contributed by atoms with Crippen LogP contribution in [0.4, 0.5) is 0 Å². The van der Waals surface area contributed by atoms with Crippen LogP contribution in [-0.2, 0) is 9.84 Å². The Kier molecular flexibility index (Phi) is 4.74. The molecule has 0 fully saturated rings. The second-order valence-corrected chi connectivity index (χ2v) is 6.57. The van der Waals surface area contributed by atoms with Crippen molar-refractivity contribution in [2.24, 2.45) is 0 Å². The van der Waals surface area contributed by atoms with Crippen molar-refractivity contribution >= 4 is 15.4 Å².